The molecule has 0 bridgehead atoms. The molecule has 3 amide bonds. The van der Waals surface area contributed by atoms with Crippen LogP contribution >= 0.6 is 11.6 Å². The second-order valence-corrected chi connectivity index (χ2v) is 5.44. The number of anilines is 1. The van der Waals surface area contributed by atoms with E-state index in [0.717, 1.165) is 12.1 Å². The zero-order valence-electron chi connectivity index (χ0n) is 12.0. The van der Waals surface area contributed by atoms with E-state index in [4.69, 9.17) is 11.6 Å². The molecule has 1 aliphatic rings. The molecule has 0 unspecified atom stereocenters. The van der Waals surface area contributed by atoms with Crippen LogP contribution in [0.25, 0.3) is 0 Å². The maximum Gasteiger partial charge on any atom is 0.263 e. The molecule has 0 saturated carbocycles. The second kappa shape index (κ2) is 6.01. The van der Waals surface area contributed by atoms with Gasteiger partial charge in [0.2, 0.25) is 5.91 Å². The number of nitrogens with zero attached hydrogens (tertiary/aromatic N) is 1. The summed E-state index contributed by atoms with van der Waals surface area (Å²) in [5.74, 6) is -3.91. The predicted octanol–water partition coefficient (Wildman–Crippen LogP) is 2.85. The molecule has 0 aliphatic carbocycles. The van der Waals surface area contributed by atoms with Crippen LogP contribution in [0.4, 0.5) is 14.5 Å². The van der Waals surface area contributed by atoms with Crippen molar-refractivity contribution in [3.05, 3.63) is 64.2 Å². The van der Waals surface area contributed by atoms with E-state index < -0.39 is 35.9 Å². The Morgan fingerprint density at radius 3 is 2.54 bits per heavy atom. The van der Waals surface area contributed by atoms with E-state index in [1.54, 1.807) is 0 Å². The highest BCUT2D eigenvalue weighted by atomic mass is 35.5. The molecule has 1 heterocycles. The van der Waals surface area contributed by atoms with Crippen LogP contribution in [-0.2, 0) is 4.79 Å². The number of fused-ring (bicyclic) bond motifs is 1. The van der Waals surface area contributed by atoms with Crippen molar-refractivity contribution in [2.45, 2.75) is 0 Å². The highest BCUT2D eigenvalue weighted by Gasteiger charge is 2.38. The third-order valence-corrected chi connectivity index (χ3v) is 3.77. The molecule has 2 aromatic carbocycles. The van der Waals surface area contributed by atoms with Crippen LogP contribution in [0, 0.1) is 11.6 Å². The summed E-state index contributed by atoms with van der Waals surface area (Å²) in [6.45, 7) is -0.612. The van der Waals surface area contributed by atoms with Crippen LogP contribution in [0.15, 0.2) is 36.4 Å². The number of amides is 3. The van der Waals surface area contributed by atoms with E-state index in [0.29, 0.717) is 11.0 Å². The fourth-order valence-corrected chi connectivity index (χ4v) is 2.62. The molecule has 0 radical (unpaired) electrons. The first-order valence-corrected chi connectivity index (χ1v) is 7.16. The quantitative estimate of drug-likeness (QED) is 0.866. The third kappa shape index (κ3) is 2.74. The van der Waals surface area contributed by atoms with Gasteiger partial charge >= 0.3 is 0 Å². The molecule has 122 valence electrons. The lowest BCUT2D eigenvalue weighted by Crippen LogP contribution is -2.37. The molecule has 24 heavy (non-hydrogen) atoms. The number of imide groups is 1. The molecule has 0 atom stereocenters. The zero-order valence-corrected chi connectivity index (χ0v) is 12.7. The number of carbonyl (C=O) groups is 3. The summed E-state index contributed by atoms with van der Waals surface area (Å²) < 4.78 is 26.4. The lowest BCUT2D eigenvalue weighted by atomic mass is 10.1. The Labute approximate surface area is 139 Å². The minimum Gasteiger partial charge on any atom is -0.322 e. The summed E-state index contributed by atoms with van der Waals surface area (Å²) in [7, 11) is 0. The van der Waals surface area contributed by atoms with Crippen LogP contribution in [-0.4, -0.2) is 29.2 Å². The van der Waals surface area contributed by atoms with Crippen molar-refractivity contribution in [3.63, 3.8) is 0 Å². The van der Waals surface area contributed by atoms with Gasteiger partial charge in [0.15, 0.2) is 0 Å². The highest BCUT2D eigenvalue weighted by molar-refractivity contribution is 6.37. The molecule has 0 saturated heterocycles. The smallest absolute Gasteiger partial charge is 0.263 e. The summed E-state index contributed by atoms with van der Waals surface area (Å²) in [6.07, 6.45) is 0. The number of carbonyl (C=O) groups excluding carboxylic acids is 3. The first kappa shape index (κ1) is 16.1. The fourth-order valence-electron chi connectivity index (χ4n) is 2.36. The SMILES string of the molecule is O=C(CN1C(=O)c2cccc(Cl)c2C1=O)Nc1ccc(F)cc1F. The molecule has 0 fully saturated rings. The minimum absolute atomic E-state index is 0.0323. The van der Waals surface area contributed by atoms with Crippen LogP contribution in [0.5, 0.6) is 0 Å². The van der Waals surface area contributed by atoms with Crippen molar-refractivity contribution >= 4 is 35.0 Å². The summed E-state index contributed by atoms with van der Waals surface area (Å²) in [6, 6.07) is 7.03. The number of nitrogens with one attached hydrogen (secondary N) is 1. The van der Waals surface area contributed by atoms with Crippen molar-refractivity contribution in [1.29, 1.82) is 0 Å². The Morgan fingerprint density at radius 1 is 1.12 bits per heavy atom. The van der Waals surface area contributed by atoms with Gasteiger partial charge in [0.05, 0.1) is 21.8 Å². The molecular formula is C16H9ClF2N2O3. The Bertz CT molecular complexity index is 886. The first-order valence-electron chi connectivity index (χ1n) is 6.78. The van der Waals surface area contributed by atoms with E-state index in [1.807, 2.05) is 0 Å². The molecule has 0 aromatic heterocycles. The maximum atomic E-state index is 13.5. The van der Waals surface area contributed by atoms with Gasteiger partial charge in [0.25, 0.3) is 11.8 Å². The molecule has 2 aromatic rings. The number of benzene rings is 2. The molecule has 8 heteroatoms. The van der Waals surface area contributed by atoms with Gasteiger partial charge in [0.1, 0.15) is 18.2 Å². The van der Waals surface area contributed by atoms with Crippen molar-refractivity contribution in [3.8, 4) is 0 Å². The molecule has 1 N–H and O–H groups in total. The summed E-state index contributed by atoms with van der Waals surface area (Å²) in [5.41, 5.74) is -0.116. The van der Waals surface area contributed by atoms with Gasteiger partial charge in [-0.2, -0.15) is 0 Å². The van der Waals surface area contributed by atoms with Gasteiger partial charge in [0, 0.05) is 6.07 Å². The standard InChI is InChI=1S/C16H9ClF2N2O3/c17-10-3-1-2-9-14(10)16(24)21(15(9)23)7-13(22)20-12-5-4-8(18)6-11(12)19/h1-6H,7H2,(H,20,22). The predicted molar refractivity (Wildman–Crippen MR) is 81.8 cm³/mol. The number of hydrogen-bond donors (Lipinski definition) is 1. The third-order valence-electron chi connectivity index (χ3n) is 3.46. The van der Waals surface area contributed by atoms with E-state index in [1.165, 1.54) is 18.2 Å². The van der Waals surface area contributed by atoms with Crippen molar-refractivity contribution in [1.82, 2.24) is 4.90 Å². The number of rotatable bonds is 3. The van der Waals surface area contributed by atoms with Crippen molar-refractivity contribution in [2.24, 2.45) is 0 Å². The van der Waals surface area contributed by atoms with E-state index in [9.17, 15) is 23.2 Å². The Hall–Kier alpha value is -2.80. The molecule has 1 aliphatic heterocycles. The maximum absolute atomic E-state index is 13.5. The molecule has 3 rings (SSSR count). The van der Waals surface area contributed by atoms with Gasteiger partial charge < -0.3 is 5.32 Å². The summed E-state index contributed by atoms with van der Waals surface area (Å²) in [4.78, 5) is 37.1. The minimum atomic E-state index is -0.964. The van der Waals surface area contributed by atoms with Gasteiger partial charge in [-0.15, -0.1) is 0 Å². The van der Waals surface area contributed by atoms with Crippen LogP contribution in [0.2, 0.25) is 5.02 Å². The van der Waals surface area contributed by atoms with Crippen molar-refractivity contribution in [2.75, 3.05) is 11.9 Å². The van der Waals surface area contributed by atoms with Crippen LogP contribution in [0.3, 0.4) is 0 Å². The topological polar surface area (TPSA) is 66.5 Å². The average Bonchev–Trinajstić information content (AvgIpc) is 2.76. The molecule has 0 spiro atoms. The summed E-state index contributed by atoms with van der Waals surface area (Å²) >= 11 is 5.91. The Balaban J connectivity index is 1.77. The largest absolute Gasteiger partial charge is 0.322 e. The monoisotopic (exact) mass is 350 g/mol. The van der Waals surface area contributed by atoms with Gasteiger partial charge in [-0.25, -0.2) is 8.78 Å². The van der Waals surface area contributed by atoms with E-state index in [2.05, 4.69) is 5.32 Å². The summed E-state index contributed by atoms with van der Waals surface area (Å²) in [5, 5.41) is 2.30. The molecule has 5 nitrogen and oxygen atoms in total. The second-order valence-electron chi connectivity index (χ2n) is 5.03. The Kier molecular flexibility index (Phi) is 4.02. The van der Waals surface area contributed by atoms with Crippen LogP contribution < -0.4 is 5.32 Å². The van der Waals surface area contributed by atoms with Crippen molar-refractivity contribution < 1.29 is 23.2 Å². The molecular weight excluding hydrogens is 342 g/mol. The van der Waals surface area contributed by atoms with Gasteiger partial charge in [-0.3, -0.25) is 19.3 Å². The number of hydrogen-bond acceptors (Lipinski definition) is 3. The highest BCUT2D eigenvalue weighted by Crippen LogP contribution is 2.29. The lowest BCUT2D eigenvalue weighted by Gasteiger charge is -2.14. The van der Waals surface area contributed by atoms with Gasteiger partial charge in [-0.05, 0) is 24.3 Å². The van der Waals surface area contributed by atoms with Gasteiger partial charge in [-0.1, -0.05) is 17.7 Å². The fraction of sp³-hybridized carbons (Fsp3) is 0.0625. The normalized spacial score (nSPS) is 13.2. The van der Waals surface area contributed by atoms with Crippen LogP contribution in [0.1, 0.15) is 20.7 Å². The lowest BCUT2D eigenvalue weighted by molar-refractivity contribution is -0.116. The average molecular weight is 351 g/mol. The van der Waals surface area contributed by atoms with E-state index >= 15 is 0 Å². The number of halogens is 3. The Morgan fingerprint density at radius 2 is 1.88 bits per heavy atom. The first-order chi connectivity index (χ1) is 11.4. The van der Waals surface area contributed by atoms with E-state index in [-0.39, 0.29) is 21.8 Å². The zero-order chi connectivity index (χ0) is 17.4.